The molecule has 9 aromatic carbocycles. The number of para-hydroxylation sites is 2. The van der Waals surface area contributed by atoms with E-state index in [0.717, 1.165) is 11.4 Å². The van der Waals surface area contributed by atoms with Gasteiger partial charge < -0.3 is 4.90 Å². The summed E-state index contributed by atoms with van der Waals surface area (Å²) in [5.41, 5.74) is 15.2. The van der Waals surface area contributed by atoms with E-state index in [9.17, 15) is 0 Å². The fourth-order valence-corrected chi connectivity index (χ4v) is 12.1. The first kappa shape index (κ1) is 35.0. The molecule has 0 spiro atoms. The van der Waals surface area contributed by atoms with Crippen LogP contribution in [0.25, 0.3) is 60.6 Å². The third-order valence-electron chi connectivity index (χ3n) is 12.3. The van der Waals surface area contributed by atoms with Gasteiger partial charge in [-0.1, -0.05) is 190 Å². The predicted octanol–water partition coefficient (Wildman–Crippen LogP) is 14.8. The zero-order chi connectivity index (χ0) is 38.7. The minimum atomic E-state index is -2.16. The third-order valence-corrected chi connectivity index (χ3v) is 15.1. The SMILES string of the molecule is CC1(C)c2cc(C=C[Si](C)(C)c3c4ccccc4c(-c4cccc5ccccc45)c4ccccc34)ccc2-c2ccc(N(c3ccccc3)c3ccccc3)cc21. The van der Waals surface area contributed by atoms with Crippen molar-refractivity contribution in [3.8, 4) is 22.3 Å². The van der Waals surface area contributed by atoms with Crippen molar-refractivity contribution >= 4 is 68.7 Å². The molecule has 1 aliphatic rings. The number of rotatable bonds is 7. The van der Waals surface area contributed by atoms with Crippen LogP contribution in [0.4, 0.5) is 17.1 Å². The second-order valence-electron chi connectivity index (χ2n) is 16.6. The average Bonchev–Trinajstić information content (AvgIpc) is 3.47. The fourth-order valence-electron chi connectivity index (χ4n) is 9.53. The van der Waals surface area contributed by atoms with Gasteiger partial charge in [-0.2, -0.15) is 0 Å². The van der Waals surface area contributed by atoms with Gasteiger partial charge in [-0.25, -0.2) is 0 Å². The van der Waals surface area contributed by atoms with Gasteiger partial charge in [0.2, 0.25) is 0 Å². The Balaban J connectivity index is 1.04. The quantitative estimate of drug-likeness (QED) is 0.116. The maximum atomic E-state index is 2.56. The molecule has 274 valence electrons. The molecule has 0 atom stereocenters. The summed E-state index contributed by atoms with van der Waals surface area (Å²) in [5, 5.41) is 9.44. The summed E-state index contributed by atoms with van der Waals surface area (Å²) in [5.74, 6) is 0. The summed E-state index contributed by atoms with van der Waals surface area (Å²) < 4.78 is 0. The van der Waals surface area contributed by atoms with Gasteiger partial charge >= 0.3 is 0 Å². The molecule has 10 rings (SSSR count). The molecule has 2 heteroatoms. The lowest BCUT2D eigenvalue weighted by Crippen LogP contribution is -2.40. The molecule has 0 bridgehead atoms. The monoisotopic (exact) mass is 747 g/mol. The summed E-state index contributed by atoms with van der Waals surface area (Å²) in [7, 11) is -2.16. The first-order chi connectivity index (χ1) is 27.8. The van der Waals surface area contributed by atoms with Crippen LogP contribution in [-0.4, -0.2) is 8.07 Å². The van der Waals surface area contributed by atoms with E-state index in [1.807, 2.05) is 0 Å². The second kappa shape index (κ2) is 13.6. The maximum absolute atomic E-state index is 2.56. The van der Waals surface area contributed by atoms with Gasteiger partial charge in [-0.3, -0.25) is 0 Å². The van der Waals surface area contributed by atoms with Gasteiger partial charge in [0.05, 0.1) is 0 Å². The van der Waals surface area contributed by atoms with Crippen LogP contribution in [0.15, 0.2) is 194 Å². The largest absolute Gasteiger partial charge is 0.310 e. The van der Waals surface area contributed by atoms with Gasteiger partial charge in [0.25, 0.3) is 0 Å². The summed E-state index contributed by atoms with van der Waals surface area (Å²) in [6.07, 6.45) is 2.41. The molecule has 0 N–H and O–H groups in total. The van der Waals surface area contributed by atoms with E-state index in [0.29, 0.717) is 0 Å². The summed E-state index contributed by atoms with van der Waals surface area (Å²) in [6.45, 7) is 9.79. The zero-order valence-corrected chi connectivity index (χ0v) is 34.0. The number of fused-ring (bicyclic) bond motifs is 6. The van der Waals surface area contributed by atoms with Crippen molar-refractivity contribution in [2.45, 2.75) is 32.4 Å². The van der Waals surface area contributed by atoms with Crippen molar-refractivity contribution in [1.29, 1.82) is 0 Å². The van der Waals surface area contributed by atoms with Gasteiger partial charge in [0.15, 0.2) is 0 Å². The molecule has 0 saturated carbocycles. The minimum Gasteiger partial charge on any atom is -0.310 e. The van der Waals surface area contributed by atoms with Crippen molar-refractivity contribution in [2.75, 3.05) is 4.90 Å². The molecule has 0 aliphatic heterocycles. The smallest absolute Gasteiger partial charge is 0.105 e. The Labute approximate surface area is 337 Å². The van der Waals surface area contributed by atoms with Gasteiger partial charge in [-0.05, 0) is 113 Å². The number of hydrogen-bond acceptors (Lipinski definition) is 1. The summed E-state index contributed by atoms with van der Waals surface area (Å²) in [4.78, 5) is 2.36. The normalized spacial score (nSPS) is 13.3. The van der Waals surface area contributed by atoms with E-state index < -0.39 is 8.07 Å². The van der Waals surface area contributed by atoms with Crippen molar-refractivity contribution in [3.05, 3.63) is 210 Å². The Bertz CT molecular complexity index is 2910. The lowest BCUT2D eigenvalue weighted by atomic mass is 9.82. The molecule has 1 nitrogen and oxygen atoms in total. The molecule has 0 unspecified atom stereocenters. The molecule has 0 heterocycles. The Kier molecular flexibility index (Phi) is 8.35. The van der Waals surface area contributed by atoms with E-state index in [-0.39, 0.29) is 5.41 Å². The molecule has 0 amide bonds. The van der Waals surface area contributed by atoms with Crippen molar-refractivity contribution in [1.82, 2.24) is 0 Å². The number of benzene rings is 9. The zero-order valence-electron chi connectivity index (χ0n) is 33.0. The van der Waals surface area contributed by atoms with Crippen LogP contribution < -0.4 is 10.1 Å². The lowest BCUT2D eigenvalue weighted by Gasteiger charge is -2.28. The molecule has 57 heavy (non-hydrogen) atoms. The fraction of sp³-hybridized carbons (Fsp3) is 0.0909. The Morgan fingerprint density at radius 2 is 0.947 bits per heavy atom. The van der Waals surface area contributed by atoms with Crippen LogP contribution >= 0.6 is 0 Å². The lowest BCUT2D eigenvalue weighted by molar-refractivity contribution is 0.660. The van der Waals surface area contributed by atoms with Crippen molar-refractivity contribution in [2.24, 2.45) is 0 Å². The predicted molar refractivity (Wildman–Crippen MR) is 249 cm³/mol. The van der Waals surface area contributed by atoms with Crippen molar-refractivity contribution in [3.63, 3.8) is 0 Å². The Morgan fingerprint density at radius 3 is 1.58 bits per heavy atom. The molecule has 1 aliphatic carbocycles. The van der Waals surface area contributed by atoms with E-state index in [2.05, 4.69) is 232 Å². The summed E-state index contributed by atoms with van der Waals surface area (Å²) in [6, 6.07) is 69.3. The third kappa shape index (κ3) is 5.83. The molecule has 0 radical (unpaired) electrons. The van der Waals surface area contributed by atoms with E-state index in [1.165, 1.54) is 82.1 Å². The topological polar surface area (TPSA) is 3.24 Å². The molecule has 0 aromatic heterocycles. The van der Waals surface area contributed by atoms with Crippen LogP contribution in [0.1, 0.15) is 30.5 Å². The molecule has 9 aromatic rings. The van der Waals surface area contributed by atoms with Crippen LogP contribution in [0.5, 0.6) is 0 Å². The van der Waals surface area contributed by atoms with Crippen LogP contribution in [0.3, 0.4) is 0 Å². The number of hydrogen-bond donors (Lipinski definition) is 0. The number of anilines is 3. The first-order valence-corrected chi connectivity index (χ1v) is 23.2. The highest BCUT2D eigenvalue weighted by Crippen LogP contribution is 2.51. The molecule has 0 saturated heterocycles. The highest BCUT2D eigenvalue weighted by atomic mass is 28.3. The number of nitrogens with zero attached hydrogens (tertiary/aromatic N) is 1. The Hall–Kier alpha value is -6.48. The van der Waals surface area contributed by atoms with E-state index in [1.54, 1.807) is 0 Å². The summed E-state index contributed by atoms with van der Waals surface area (Å²) >= 11 is 0. The molecule has 0 fully saturated rings. The van der Waals surface area contributed by atoms with Crippen LogP contribution in [0.2, 0.25) is 13.1 Å². The standard InChI is InChI=1S/C55H45NSi/c1-55(2)51-36-38(30-32-44(51)45-33-31-42(37-52(45)55)56(40-20-7-5-8-21-40)41-22-9-6-10-23-41)34-35-57(3,4)54-49-27-15-13-25-47(49)53(48-26-14-16-28-50(48)54)46-29-17-19-39-18-11-12-24-43(39)46/h5-37H,1-4H3. The average molecular weight is 748 g/mol. The van der Waals surface area contributed by atoms with Gasteiger partial charge in [0.1, 0.15) is 8.07 Å². The minimum absolute atomic E-state index is 0.152. The molecular formula is C55H45NSi. The van der Waals surface area contributed by atoms with Crippen LogP contribution in [-0.2, 0) is 5.41 Å². The van der Waals surface area contributed by atoms with Gasteiger partial charge in [0, 0.05) is 22.5 Å². The van der Waals surface area contributed by atoms with E-state index >= 15 is 0 Å². The Morgan fingerprint density at radius 1 is 0.439 bits per heavy atom. The van der Waals surface area contributed by atoms with Gasteiger partial charge in [-0.15, -0.1) is 0 Å². The highest BCUT2D eigenvalue weighted by Gasteiger charge is 2.36. The van der Waals surface area contributed by atoms with Crippen LogP contribution in [0, 0.1) is 0 Å². The second-order valence-corrected chi connectivity index (χ2v) is 20.9. The highest BCUT2D eigenvalue weighted by molar-refractivity contribution is 6.97. The maximum Gasteiger partial charge on any atom is 0.105 e. The van der Waals surface area contributed by atoms with E-state index in [4.69, 9.17) is 0 Å². The van der Waals surface area contributed by atoms with Crippen molar-refractivity contribution < 1.29 is 0 Å². The first-order valence-electron chi connectivity index (χ1n) is 20.1. The molecular weight excluding hydrogens is 703 g/mol.